The van der Waals surface area contributed by atoms with E-state index in [1.807, 2.05) is 58.2 Å². The lowest BCUT2D eigenvalue weighted by Gasteiger charge is -2.45. The summed E-state index contributed by atoms with van der Waals surface area (Å²) in [6.07, 6.45) is 25.2. The van der Waals surface area contributed by atoms with Crippen molar-refractivity contribution >= 4 is 29.4 Å². The van der Waals surface area contributed by atoms with Crippen LogP contribution in [0.1, 0.15) is 129 Å². The van der Waals surface area contributed by atoms with E-state index in [2.05, 4.69) is 57.0 Å². The van der Waals surface area contributed by atoms with Crippen LogP contribution in [0.2, 0.25) is 0 Å². The van der Waals surface area contributed by atoms with E-state index in [0.717, 1.165) is 69.9 Å². The number of aromatic nitrogens is 2. The van der Waals surface area contributed by atoms with E-state index >= 15 is 4.79 Å². The van der Waals surface area contributed by atoms with Gasteiger partial charge in [-0.1, -0.05) is 98.5 Å². The fourth-order valence-electron chi connectivity index (χ4n) is 10.9. The lowest BCUT2D eigenvalue weighted by atomic mass is 9.61. The van der Waals surface area contributed by atoms with Gasteiger partial charge in [-0.25, -0.2) is 4.98 Å². The molecule has 7 atom stereocenters. The molecule has 0 aromatic carbocycles. The summed E-state index contributed by atoms with van der Waals surface area (Å²) in [5.74, 6) is -1.40. The molecule has 0 radical (unpaired) electrons. The average molecular weight is 853 g/mol. The molecular weight excluding hydrogens is 781 g/mol. The Morgan fingerprint density at radius 3 is 2.44 bits per heavy atom. The third-order valence-electron chi connectivity index (χ3n) is 14.3. The van der Waals surface area contributed by atoms with E-state index in [0.29, 0.717) is 30.0 Å². The third kappa shape index (κ3) is 11.0. The van der Waals surface area contributed by atoms with Crippen LogP contribution in [0.3, 0.4) is 0 Å². The molecular formula is C49H72N8O5. The predicted molar refractivity (Wildman–Crippen MR) is 241 cm³/mol. The van der Waals surface area contributed by atoms with Gasteiger partial charge in [0.2, 0.25) is 17.6 Å². The highest BCUT2D eigenvalue weighted by Crippen LogP contribution is 2.71. The molecule has 5 N–H and O–H groups in total. The number of hydrogen-bond acceptors (Lipinski definition) is 9. The molecule has 1 spiro atoms. The second kappa shape index (κ2) is 20.6. The lowest BCUT2D eigenvalue weighted by molar-refractivity contribution is -0.145. The first-order chi connectivity index (χ1) is 29.7. The standard InChI is InChI=1S/C49H72N8O5/c1-8-16-37(42(58)46(61)53-28-33-17-13-14-21-50-22-15-18-33)55-45(60)41-39(35-25-49(26-35)27-36(49)9-2)31(3)30-57(41)47(62)43(48(5,6)7)54-32(4)40(34-19-11-10-12-20-34)56-44(59)38-29-51-23-24-52-38/h13,15,17-18,22-24,29,31,34-37,39-41,43,50,54H,4,8-12,14,16,19-21,25-28,30H2,1-3,5-7H3,(H,53,61)(H,55,60)(H,56,59)/b17-13?,22-15-,33-18+/t31?,35?,36?,37?,39?,40?,41-,43+,49?/m0/s1. The van der Waals surface area contributed by atoms with Crippen LogP contribution in [0.4, 0.5) is 0 Å². The third-order valence-corrected chi connectivity index (χ3v) is 14.3. The van der Waals surface area contributed by atoms with Crippen molar-refractivity contribution in [3.05, 3.63) is 72.6 Å². The van der Waals surface area contributed by atoms with E-state index in [1.165, 1.54) is 25.0 Å². The predicted octanol–water partition coefficient (Wildman–Crippen LogP) is 5.92. The summed E-state index contributed by atoms with van der Waals surface area (Å²) >= 11 is 0. The summed E-state index contributed by atoms with van der Waals surface area (Å²) in [6, 6.07) is -3.12. The molecule has 5 unspecified atom stereocenters. The number of likely N-dealkylation sites (tertiary alicyclic amines) is 1. The summed E-state index contributed by atoms with van der Waals surface area (Å²) < 4.78 is 0. The number of allylic oxidation sites excluding steroid dienone is 2. The second-order valence-electron chi connectivity index (χ2n) is 19.9. The minimum Gasteiger partial charge on any atom is -0.391 e. The quantitative estimate of drug-likeness (QED) is 0.119. The number of rotatable bonds is 17. The molecule has 3 saturated carbocycles. The molecule has 13 nitrogen and oxygen atoms in total. The smallest absolute Gasteiger partial charge is 0.289 e. The Labute approximate surface area is 369 Å². The van der Waals surface area contributed by atoms with Crippen molar-refractivity contribution in [3.63, 3.8) is 0 Å². The van der Waals surface area contributed by atoms with Crippen LogP contribution in [0, 0.1) is 40.4 Å². The van der Waals surface area contributed by atoms with E-state index in [9.17, 15) is 19.2 Å². The fraction of sp³-hybridized carbons (Fsp3) is 0.653. The van der Waals surface area contributed by atoms with E-state index in [4.69, 9.17) is 0 Å². The molecule has 2 aliphatic heterocycles. The van der Waals surface area contributed by atoms with Crippen molar-refractivity contribution in [2.75, 3.05) is 19.6 Å². The molecule has 3 heterocycles. The number of Topliss-reactive ketones (excluding diaryl/α,β-unsaturated/α-hetero) is 1. The van der Waals surface area contributed by atoms with Gasteiger partial charge in [0, 0.05) is 37.7 Å². The van der Waals surface area contributed by atoms with E-state index in [-0.39, 0.29) is 54.1 Å². The van der Waals surface area contributed by atoms with Gasteiger partial charge >= 0.3 is 0 Å². The molecule has 1 aromatic heterocycles. The Bertz CT molecular complexity index is 1870. The molecule has 62 heavy (non-hydrogen) atoms. The summed E-state index contributed by atoms with van der Waals surface area (Å²) in [5.41, 5.74) is 1.32. The molecule has 4 amide bonds. The number of ketones is 1. The van der Waals surface area contributed by atoms with Crippen molar-refractivity contribution in [1.82, 2.24) is 41.5 Å². The molecule has 4 fully saturated rings. The molecule has 1 aromatic rings. The van der Waals surface area contributed by atoms with Crippen LogP contribution in [-0.4, -0.2) is 88.1 Å². The number of nitrogens with one attached hydrogen (secondary N) is 5. The first-order valence-electron chi connectivity index (χ1n) is 23.4. The zero-order valence-corrected chi connectivity index (χ0v) is 38.0. The van der Waals surface area contributed by atoms with Gasteiger partial charge in [0.1, 0.15) is 17.8 Å². The number of carbonyl (C=O) groups is 5. The van der Waals surface area contributed by atoms with Crippen molar-refractivity contribution in [1.29, 1.82) is 0 Å². The van der Waals surface area contributed by atoms with Crippen molar-refractivity contribution in [2.24, 2.45) is 40.4 Å². The van der Waals surface area contributed by atoms with Crippen LogP contribution in [0.15, 0.2) is 66.9 Å². The minimum absolute atomic E-state index is 0.0307. The number of nitrogens with zero attached hydrogens (tertiary/aromatic N) is 3. The SMILES string of the molecule is C=C(N[C@H](C(=O)N1CC(C)C(C2CC3(C2)CC3CC)[C@H]1C(=O)NC(CCC)C(=O)C(=O)NC/C1=C/C=C\NCCC=C1)C(C)(C)C)C(NC(=O)c1cnccn1)C1CCCCC1. The summed E-state index contributed by atoms with van der Waals surface area (Å²) in [7, 11) is 0. The molecule has 13 heteroatoms. The number of hydrogen-bond donors (Lipinski definition) is 5. The van der Waals surface area contributed by atoms with Crippen molar-refractivity contribution in [2.45, 2.75) is 143 Å². The first-order valence-corrected chi connectivity index (χ1v) is 23.4. The first kappa shape index (κ1) is 46.7. The second-order valence-corrected chi connectivity index (χ2v) is 19.9. The Hall–Kier alpha value is -4.81. The van der Waals surface area contributed by atoms with Gasteiger partial charge < -0.3 is 31.5 Å². The van der Waals surface area contributed by atoms with Crippen LogP contribution in [0.5, 0.6) is 0 Å². The van der Waals surface area contributed by atoms with Crippen molar-refractivity contribution in [3.8, 4) is 0 Å². The molecule has 338 valence electrons. The highest BCUT2D eigenvalue weighted by atomic mass is 16.2. The Balaban J connectivity index is 1.24. The van der Waals surface area contributed by atoms with Crippen LogP contribution in [0.25, 0.3) is 0 Å². The maximum atomic E-state index is 15.3. The van der Waals surface area contributed by atoms with Crippen LogP contribution >= 0.6 is 0 Å². The zero-order chi connectivity index (χ0) is 44.6. The largest absolute Gasteiger partial charge is 0.391 e. The average Bonchev–Trinajstić information content (AvgIpc) is 3.85. The van der Waals surface area contributed by atoms with Gasteiger partial charge in [0.05, 0.1) is 18.3 Å². The van der Waals surface area contributed by atoms with E-state index in [1.54, 1.807) is 4.90 Å². The highest BCUT2D eigenvalue weighted by Gasteiger charge is 2.64. The normalized spacial score (nSPS) is 28.8. The maximum Gasteiger partial charge on any atom is 0.289 e. The lowest BCUT2D eigenvalue weighted by Crippen LogP contribution is -2.60. The number of carbonyl (C=O) groups excluding carboxylic acids is 5. The van der Waals surface area contributed by atoms with Gasteiger partial charge in [0.25, 0.3) is 11.8 Å². The molecule has 1 saturated heterocycles. The number of amides is 4. The Morgan fingerprint density at radius 2 is 1.77 bits per heavy atom. The summed E-state index contributed by atoms with van der Waals surface area (Å²) in [4.78, 5) is 81.1. The van der Waals surface area contributed by atoms with Gasteiger partial charge in [-0.05, 0) is 103 Å². The van der Waals surface area contributed by atoms with Crippen LogP contribution < -0.4 is 26.6 Å². The Morgan fingerprint density at radius 1 is 1.02 bits per heavy atom. The van der Waals surface area contributed by atoms with Gasteiger partial charge in [0.15, 0.2) is 0 Å². The molecule has 0 bridgehead atoms. The summed E-state index contributed by atoms with van der Waals surface area (Å²) in [6.45, 7) is 18.1. The molecule has 5 aliphatic rings. The van der Waals surface area contributed by atoms with E-state index < -0.39 is 47.2 Å². The molecule has 3 aliphatic carbocycles. The maximum absolute atomic E-state index is 15.3. The fourth-order valence-corrected chi connectivity index (χ4v) is 10.9. The van der Waals surface area contributed by atoms with Gasteiger partial charge in [-0.3, -0.25) is 29.0 Å². The topological polar surface area (TPSA) is 175 Å². The Kier molecular flexibility index (Phi) is 15.5. The van der Waals surface area contributed by atoms with Gasteiger partial charge in [-0.2, -0.15) is 0 Å². The zero-order valence-electron chi connectivity index (χ0n) is 38.0. The highest BCUT2D eigenvalue weighted by molar-refractivity contribution is 6.38. The van der Waals surface area contributed by atoms with Gasteiger partial charge in [-0.15, -0.1) is 0 Å². The molecule has 6 rings (SSSR count). The summed E-state index contributed by atoms with van der Waals surface area (Å²) in [5, 5.41) is 15.7. The monoisotopic (exact) mass is 853 g/mol. The van der Waals surface area contributed by atoms with Crippen LogP contribution in [-0.2, 0) is 19.2 Å². The van der Waals surface area contributed by atoms with Crippen molar-refractivity contribution < 1.29 is 24.0 Å². The minimum atomic E-state index is -1.04.